The Morgan fingerprint density at radius 2 is 1.74 bits per heavy atom. The number of halogens is 3. The van der Waals surface area contributed by atoms with Crippen LogP contribution in [0.5, 0.6) is 0 Å². The van der Waals surface area contributed by atoms with Crippen LogP contribution in [0, 0.1) is 0 Å². The molecule has 1 aromatic rings. The molecule has 0 bridgehead atoms. The molecule has 0 aromatic heterocycles. The quantitative estimate of drug-likeness (QED) is 0.802. The van der Waals surface area contributed by atoms with Crippen molar-refractivity contribution in [3.63, 3.8) is 0 Å². The first-order valence-corrected chi connectivity index (χ1v) is 6.77. The van der Waals surface area contributed by atoms with Crippen molar-refractivity contribution in [3.8, 4) is 0 Å². The number of alkyl halides is 3. The van der Waals surface area contributed by atoms with Gasteiger partial charge in [0, 0.05) is 6.42 Å². The van der Waals surface area contributed by atoms with E-state index < -0.39 is 29.7 Å². The van der Waals surface area contributed by atoms with Crippen LogP contribution in [-0.4, -0.2) is 28.8 Å². The van der Waals surface area contributed by atoms with Crippen LogP contribution in [0.4, 0.5) is 13.2 Å². The summed E-state index contributed by atoms with van der Waals surface area (Å²) in [5.41, 5.74) is -0.502. The third kappa shape index (κ3) is 6.50. The van der Waals surface area contributed by atoms with E-state index >= 15 is 0 Å². The zero-order valence-corrected chi connectivity index (χ0v) is 12.3. The molecule has 0 unspecified atom stereocenters. The van der Waals surface area contributed by atoms with Crippen molar-refractivity contribution < 1.29 is 32.7 Å². The molecule has 5 nitrogen and oxygen atoms in total. The zero-order chi connectivity index (χ0) is 17.6. The van der Waals surface area contributed by atoms with E-state index in [2.05, 4.69) is 5.32 Å². The second kappa shape index (κ2) is 7.75. The molecular weight excluding hydrogens is 315 g/mol. The van der Waals surface area contributed by atoms with Gasteiger partial charge in [-0.1, -0.05) is 12.1 Å². The first kappa shape index (κ1) is 18.7. The first-order valence-electron chi connectivity index (χ1n) is 6.77. The predicted octanol–water partition coefficient (Wildman–Crippen LogP) is 2.19. The van der Waals surface area contributed by atoms with E-state index in [4.69, 9.17) is 5.11 Å². The standard InChI is InChI=1S/C15H16F3NO4/c1-9(20)2-7-12(14(22)23)19-13(21)8-10-3-5-11(6-4-10)15(16,17)18/h3-6,12H,2,7-8H2,1H3,(H,19,21)(H,22,23)/t12-/m0/s1. The molecular formula is C15H16F3NO4. The monoisotopic (exact) mass is 331 g/mol. The predicted molar refractivity (Wildman–Crippen MR) is 74.6 cm³/mol. The summed E-state index contributed by atoms with van der Waals surface area (Å²) in [6.07, 6.45) is -4.73. The molecule has 1 amide bonds. The van der Waals surface area contributed by atoms with Crippen LogP contribution < -0.4 is 5.32 Å². The lowest BCUT2D eigenvalue weighted by atomic mass is 10.1. The number of carboxylic acid groups (broad SMARTS) is 1. The summed E-state index contributed by atoms with van der Waals surface area (Å²) in [5.74, 6) is -2.11. The number of carboxylic acids is 1. The summed E-state index contributed by atoms with van der Waals surface area (Å²) in [6, 6.07) is 2.82. The van der Waals surface area contributed by atoms with E-state index in [1.165, 1.54) is 6.92 Å². The van der Waals surface area contributed by atoms with E-state index in [1.54, 1.807) is 0 Å². The summed E-state index contributed by atoms with van der Waals surface area (Å²) < 4.78 is 37.3. The molecule has 0 saturated heterocycles. The minimum absolute atomic E-state index is 0.0114. The van der Waals surface area contributed by atoms with E-state index in [0.29, 0.717) is 5.56 Å². The fourth-order valence-electron chi connectivity index (χ4n) is 1.85. The molecule has 0 saturated carbocycles. The normalized spacial score (nSPS) is 12.5. The number of Topliss-reactive ketones (excluding diaryl/α,β-unsaturated/α-hetero) is 1. The molecule has 0 radical (unpaired) electrons. The third-order valence-electron chi connectivity index (χ3n) is 3.06. The molecule has 0 heterocycles. The number of carbonyl (C=O) groups excluding carboxylic acids is 2. The van der Waals surface area contributed by atoms with Gasteiger partial charge in [0.15, 0.2) is 0 Å². The summed E-state index contributed by atoms with van der Waals surface area (Å²) >= 11 is 0. The molecule has 126 valence electrons. The Kier molecular flexibility index (Phi) is 6.29. The third-order valence-corrected chi connectivity index (χ3v) is 3.06. The minimum Gasteiger partial charge on any atom is -0.480 e. The van der Waals surface area contributed by atoms with Crippen molar-refractivity contribution in [1.82, 2.24) is 5.32 Å². The van der Waals surface area contributed by atoms with Crippen molar-refractivity contribution in [1.29, 1.82) is 0 Å². The number of rotatable bonds is 7. The molecule has 0 fully saturated rings. The molecule has 1 aromatic carbocycles. The van der Waals surface area contributed by atoms with E-state index in [1.807, 2.05) is 0 Å². The Morgan fingerprint density at radius 1 is 1.17 bits per heavy atom. The van der Waals surface area contributed by atoms with Crippen molar-refractivity contribution in [2.75, 3.05) is 0 Å². The van der Waals surface area contributed by atoms with Gasteiger partial charge in [-0.3, -0.25) is 4.79 Å². The number of aliphatic carboxylic acids is 1. The zero-order valence-electron chi connectivity index (χ0n) is 12.3. The summed E-state index contributed by atoms with van der Waals surface area (Å²) in [4.78, 5) is 33.6. The number of ketones is 1. The maximum Gasteiger partial charge on any atom is 0.416 e. The number of nitrogens with one attached hydrogen (secondary N) is 1. The van der Waals surface area contributed by atoms with Gasteiger partial charge < -0.3 is 15.2 Å². The molecule has 0 aliphatic rings. The Morgan fingerprint density at radius 3 is 2.17 bits per heavy atom. The highest BCUT2D eigenvalue weighted by atomic mass is 19.4. The lowest BCUT2D eigenvalue weighted by Gasteiger charge is -2.14. The fourth-order valence-corrected chi connectivity index (χ4v) is 1.85. The molecule has 0 aliphatic carbocycles. The maximum absolute atomic E-state index is 12.4. The van der Waals surface area contributed by atoms with Crippen LogP contribution >= 0.6 is 0 Å². The topological polar surface area (TPSA) is 83.5 Å². The van der Waals surface area contributed by atoms with Crippen LogP contribution in [0.1, 0.15) is 30.9 Å². The fraction of sp³-hybridized carbons (Fsp3) is 0.400. The largest absolute Gasteiger partial charge is 0.480 e. The van der Waals surface area contributed by atoms with Crippen LogP contribution in [0.3, 0.4) is 0 Å². The average molecular weight is 331 g/mol. The Bertz CT molecular complexity index is 581. The highest BCUT2D eigenvalue weighted by Crippen LogP contribution is 2.29. The summed E-state index contributed by atoms with van der Waals surface area (Å²) in [6.45, 7) is 1.31. The van der Waals surface area contributed by atoms with Gasteiger partial charge in [-0.05, 0) is 31.0 Å². The molecule has 8 heteroatoms. The maximum atomic E-state index is 12.4. The molecule has 0 spiro atoms. The molecule has 2 N–H and O–H groups in total. The number of carbonyl (C=O) groups is 3. The van der Waals surface area contributed by atoms with Crippen LogP contribution in [0.15, 0.2) is 24.3 Å². The molecule has 0 aliphatic heterocycles. The second-order valence-electron chi connectivity index (χ2n) is 5.07. The lowest BCUT2D eigenvalue weighted by Crippen LogP contribution is -2.41. The van der Waals surface area contributed by atoms with E-state index in [9.17, 15) is 27.6 Å². The Hall–Kier alpha value is -2.38. The van der Waals surface area contributed by atoms with Gasteiger partial charge in [0.05, 0.1) is 12.0 Å². The number of hydrogen-bond donors (Lipinski definition) is 2. The molecule has 23 heavy (non-hydrogen) atoms. The van der Waals surface area contributed by atoms with Gasteiger partial charge in [0.2, 0.25) is 5.91 Å². The van der Waals surface area contributed by atoms with Gasteiger partial charge in [0.1, 0.15) is 11.8 Å². The molecule has 1 rings (SSSR count). The van der Waals surface area contributed by atoms with Gasteiger partial charge in [-0.15, -0.1) is 0 Å². The Labute approximate surface area is 130 Å². The lowest BCUT2D eigenvalue weighted by molar-refractivity contribution is -0.142. The highest BCUT2D eigenvalue weighted by Gasteiger charge is 2.30. The Balaban J connectivity index is 2.64. The number of amides is 1. The number of benzene rings is 1. The van der Waals surface area contributed by atoms with Crippen LogP contribution in [-0.2, 0) is 27.0 Å². The van der Waals surface area contributed by atoms with E-state index in [0.717, 1.165) is 24.3 Å². The highest BCUT2D eigenvalue weighted by molar-refractivity contribution is 5.85. The van der Waals surface area contributed by atoms with Crippen molar-refractivity contribution >= 4 is 17.7 Å². The smallest absolute Gasteiger partial charge is 0.416 e. The van der Waals surface area contributed by atoms with Crippen molar-refractivity contribution in [2.24, 2.45) is 0 Å². The summed E-state index contributed by atoms with van der Waals surface area (Å²) in [5, 5.41) is 11.2. The number of hydrogen-bond acceptors (Lipinski definition) is 3. The van der Waals surface area contributed by atoms with Crippen molar-refractivity contribution in [2.45, 2.75) is 38.4 Å². The van der Waals surface area contributed by atoms with E-state index in [-0.39, 0.29) is 25.0 Å². The van der Waals surface area contributed by atoms with Crippen LogP contribution in [0.2, 0.25) is 0 Å². The second-order valence-corrected chi connectivity index (χ2v) is 5.07. The van der Waals surface area contributed by atoms with Crippen molar-refractivity contribution in [3.05, 3.63) is 35.4 Å². The van der Waals surface area contributed by atoms with Gasteiger partial charge in [-0.2, -0.15) is 13.2 Å². The average Bonchev–Trinajstić information content (AvgIpc) is 2.42. The summed E-state index contributed by atoms with van der Waals surface area (Å²) in [7, 11) is 0. The minimum atomic E-state index is -4.46. The molecule has 1 atom stereocenters. The SMILES string of the molecule is CC(=O)CC[C@H](NC(=O)Cc1ccc(C(F)(F)F)cc1)C(=O)O. The van der Waals surface area contributed by atoms with Gasteiger partial charge in [0.25, 0.3) is 0 Å². The first-order chi connectivity index (χ1) is 10.6. The van der Waals surface area contributed by atoms with Gasteiger partial charge >= 0.3 is 12.1 Å². The van der Waals surface area contributed by atoms with Gasteiger partial charge in [-0.25, -0.2) is 4.79 Å². The van der Waals surface area contributed by atoms with Crippen LogP contribution in [0.25, 0.3) is 0 Å².